The van der Waals surface area contributed by atoms with Gasteiger partial charge in [-0.05, 0) is 11.8 Å². The first kappa shape index (κ1) is 8.86. The zero-order chi connectivity index (χ0) is 8.48. The molecule has 1 rings (SSSR count). The standard InChI is InChI=1S/C10H14Cl/c1-10(2,3)8-5-4-6-9(11)7-8/h4-6H,7H2,1-3H3. The molecule has 1 aliphatic carbocycles. The molecule has 0 unspecified atom stereocenters. The van der Waals surface area contributed by atoms with E-state index in [9.17, 15) is 0 Å². The molecule has 0 saturated heterocycles. The van der Waals surface area contributed by atoms with Crippen molar-refractivity contribution in [1.29, 1.82) is 0 Å². The number of halogens is 1. The van der Waals surface area contributed by atoms with E-state index in [-0.39, 0.29) is 5.41 Å². The highest BCUT2D eigenvalue weighted by molar-refractivity contribution is 6.28. The van der Waals surface area contributed by atoms with Gasteiger partial charge in [-0.3, -0.25) is 0 Å². The van der Waals surface area contributed by atoms with Gasteiger partial charge in [0, 0.05) is 0 Å². The summed E-state index contributed by atoms with van der Waals surface area (Å²) in [6.07, 6.45) is 7.05. The van der Waals surface area contributed by atoms with Crippen LogP contribution in [0.25, 0.3) is 0 Å². The first-order chi connectivity index (χ1) is 5.00. The molecule has 0 fully saturated rings. The van der Waals surface area contributed by atoms with Crippen molar-refractivity contribution in [3.8, 4) is 0 Å². The Morgan fingerprint density at radius 2 is 2.00 bits per heavy atom. The molecule has 0 nitrogen and oxygen atoms in total. The average molecular weight is 170 g/mol. The SMILES string of the molecule is CC(C)(C)C1=CC=C[C](Cl)C1. The molecule has 0 aromatic rings. The molecule has 0 N–H and O–H groups in total. The predicted molar refractivity (Wildman–Crippen MR) is 50.4 cm³/mol. The quantitative estimate of drug-likeness (QED) is 0.519. The largest absolute Gasteiger partial charge is 0.112 e. The Bertz CT molecular complexity index is 193. The third-order valence-corrected chi connectivity index (χ3v) is 2.16. The van der Waals surface area contributed by atoms with Crippen LogP contribution >= 0.6 is 11.6 Å². The zero-order valence-corrected chi connectivity index (χ0v) is 8.07. The number of allylic oxidation sites excluding steroid dienone is 4. The lowest BCUT2D eigenvalue weighted by Crippen LogP contribution is -2.11. The molecule has 0 bridgehead atoms. The van der Waals surface area contributed by atoms with E-state index in [0.717, 1.165) is 11.8 Å². The van der Waals surface area contributed by atoms with Crippen LogP contribution in [-0.2, 0) is 0 Å². The van der Waals surface area contributed by atoms with Gasteiger partial charge in [0.05, 0.1) is 5.38 Å². The lowest BCUT2D eigenvalue weighted by atomic mass is 9.82. The van der Waals surface area contributed by atoms with Gasteiger partial charge in [0.15, 0.2) is 0 Å². The molecule has 0 amide bonds. The molecule has 1 heteroatoms. The summed E-state index contributed by atoms with van der Waals surface area (Å²) in [5.74, 6) is 0. The van der Waals surface area contributed by atoms with Crippen molar-refractivity contribution < 1.29 is 0 Å². The lowest BCUT2D eigenvalue weighted by Gasteiger charge is -2.25. The van der Waals surface area contributed by atoms with Crippen LogP contribution in [0.15, 0.2) is 23.8 Å². The smallest absolute Gasteiger partial charge is 0.0895 e. The van der Waals surface area contributed by atoms with Crippen molar-refractivity contribution in [2.24, 2.45) is 5.41 Å². The molecular formula is C10H14Cl. The summed E-state index contributed by atoms with van der Waals surface area (Å²) >= 11 is 5.91. The summed E-state index contributed by atoms with van der Waals surface area (Å²) in [5.41, 5.74) is 1.66. The van der Waals surface area contributed by atoms with Crippen molar-refractivity contribution in [3.63, 3.8) is 0 Å². The van der Waals surface area contributed by atoms with Gasteiger partial charge in [-0.25, -0.2) is 0 Å². The normalized spacial score (nSPS) is 20.2. The van der Waals surface area contributed by atoms with Crippen LogP contribution in [0.4, 0.5) is 0 Å². The van der Waals surface area contributed by atoms with Crippen LogP contribution in [0.1, 0.15) is 27.2 Å². The van der Waals surface area contributed by atoms with Crippen molar-refractivity contribution in [2.75, 3.05) is 0 Å². The Labute approximate surface area is 73.9 Å². The second kappa shape index (κ2) is 3.02. The molecule has 1 radical (unpaired) electrons. The fraction of sp³-hybridized carbons (Fsp3) is 0.500. The molecule has 61 valence electrons. The van der Waals surface area contributed by atoms with E-state index in [4.69, 9.17) is 11.6 Å². The minimum atomic E-state index is 0.255. The van der Waals surface area contributed by atoms with Crippen LogP contribution in [0.5, 0.6) is 0 Å². The molecule has 0 aliphatic heterocycles. The predicted octanol–water partition coefficient (Wildman–Crippen LogP) is 3.69. The number of rotatable bonds is 0. The topological polar surface area (TPSA) is 0 Å². The Balaban J connectivity index is 2.75. The molecule has 0 spiro atoms. The van der Waals surface area contributed by atoms with E-state index in [0.29, 0.717) is 0 Å². The Morgan fingerprint density at radius 3 is 2.36 bits per heavy atom. The fourth-order valence-electron chi connectivity index (χ4n) is 1.08. The highest BCUT2D eigenvalue weighted by atomic mass is 35.5. The van der Waals surface area contributed by atoms with Gasteiger partial charge < -0.3 is 0 Å². The van der Waals surface area contributed by atoms with Crippen LogP contribution in [0.2, 0.25) is 0 Å². The lowest BCUT2D eigenvalue weighted by molar-refractivity contribution is 0.489. The van der Waals surface area contributed by atoms with E-state index in [1.807, 2.05) is 12.2 Å². The number of hydrogen-bond donors (Lipinski definition) is 0. The van der Waals surface area contributed by atoms with Crippen molar-refractivity contribution in [2.45, 2.75) is 27.2 Å². The molecular weight excluding hydrogens is 156 g/mol. The van der Waals surface area contributed by atoms with Gasteiger partial charge in [0.25, 0.3) is 0 Å². The second-order valence-corrected chi connectivity index (χ2v) is 4.41. The summed E-state index contributed by atoms with van der Waals surface area (Å²) in [6.45, 7) is 6.63. The summed E-state index contributed by atoms with van der Waals surface area (Å²) in [6, 6.07) is 0. The fourth-order valence-corrected chi connectivity index (χ4v) is 1.30. The molecule has 0 aromatic heterocycles. The van der Waals surface area contributed by atoms with Crippen LogP contribution < -0.4 is 0 Å². The number of hydrogen-bond acceptors (Lipinski definition) is 0. The van der Waals surface area contributed by atoms with Gasteiger partial charge in [-0.1, -0.05) is 44.6 Å². The molecule has 1 aliphatic rings. The van der Waals surface area contributed by atoms with Crippen molar-refractivity contribution >= 4 is 11.6 Å². The average Bonchev–Trinajstić information content (AvgIpc) is 1.86. The first-order valence-electron chi connectivity index (χ1n) is 3.89. The van der Waals surface area contributed by atoms with Crippen molar-refractivity contribution in [3.05, 3.63) is 29.2 Å². The van der Waals surface area contributed by atoms with Crippen LogP contribution in [0.3, 0.4) is 0 Å². The van der Waals surface area contributed by atoms with Crippen LogP contribution in [0, 0.1) is 10.8 Å². The highest BCUT2D eigenvalue weighted by Crippen LogP contribution is 2.35. The summed E-state index contributed by atoms with van der Waals surface area (Å²) < 4.78 is 0. The summed E-state index contributed by atoms with van der Waals surface area (Å²) in [7, 11) is 0. The zero-order valence-electron chi connectivity index (χ0n) is 7.32. The maximum Gasteiger partial charge on any atom is 0.0895 e. The molecule has 0 saturated carbocycles. The minimum Gasteiger partial charge on any atom is -0.112 e. The monoisotopic (exact) mass is 169 g/mol. The Kier molecular flexibility index (Phi) is 2.43. The maximum atomic E-state index is 5.91. The first-order valence-corrected chi connectivity index (χ1v) is 4.27. The molecule has 0 atom stereocenters. The molecule has 0 heterocycles. The van der Waals surface area contributed by atoms with E-state index < -0.39 is 0 Å². The molecule has 0 aromatic carbocycles. The summed E-state index contributed by atoms with van der Waals surface area (Å²) in [4.78, 5) is 0. The van der Waals surface area contributed by atoms with Gasteiger partial charge in [-0.2, -0.15) is 0 Å². The third kappa shape index (κ3) is 2.37. The Hall–Kier alpha value is -0.230. The minimum absolute atomic E-state index is 0.255. The van der Waals surface area contributed by atoms with Gasteiger partial charge in [-0.15, -0.1) is 11.6 Å². The highest BCUT2D eigenvalue weighted by Gasteiger charge is 2.20. The molecule has 11 heavy (non-hydrogen) atoms. The van der Waals surface area contributed by atoms with E-state index >= 15 is 0 Å². The second-order valence-electron chi connectivity index (χ2n) is 3.92. The van der Waals surface area contributed by atoms with E-state index in [1.165, 1.54) is 5.57 Å². The van der Waals surface area contributed by atoms with Gasteiger partial charge in [0.1, 0.15) is 0 Å². The Morgan fingerprint density at radius 1 is 1.36 bits per heavy atom. The maximum absolute atomic E-state index is 5.91. The van der Waals surface area contributed by atoms with Gasteiger partial charge >= 0.3 is 0 Å². The van der Waals surface area contributed by atoms with E-state index in [1.54, 1.807) is 0 Å². The van der Waals surface area contributed by atoms with Crippen molar-refractivity contribution in [1.82, 2.24) is 0 Å². The summed E-state index contributed by atoms with van der Waals surface area (Å²) in [5, 5.41) is 0.942. The van der Waals surface area contributed by atoms with Crippen LogP contribution in [-0.4, -0.2) is 0 Å². The van der Waals surface area contributed by atoms with Gasteiger partial charge in [0.2, 0.25) is 0 Å². The third-order valence-electron chi connectivity index (χ3n) is 1.90. The van der Waals surface area contributed by atoms with E-state index in [2.05, 4.69) is 26.8 Å².